The Balaban J connectivity index is 2.54. The first-order valence-corrected chi connectivity index (χ1v) is 4.49. The molecule has 1 aromatic rings. The molecule has 0 bridgehead atoms. The molecule has 0 spiro atoms. The van der Waals surface area contributed by atoms with Crippen molar-refractivity contribution < 1.29 is 9.66 Å². The Kier molecular flexibility index (Phi) is 1.97. The van der Waals surface area contributed by atoms with E-state index in [0.29, 0.717) is 17.2 Å². The molecule has 0 radical (unpaired) electrons. The van der Waals surface area contributed by atoms with Crippen molar-refractivity contribution in [3.05, 3.63) is 38.9 Å². The van der Waals surface area contributed by atoms with Crippen molar-refractivity contribution in [3.8, 4) is 0 Å². The number of halogens is 1. The first-order valence-electron chi connectivity index (χ1n) is 4.11. The smallest absolute Gasteiger partial charge is 0.275 e. The van der Waals surface area contributed by atoms with E-state index in [1.807, 2.05) is 6.92 Å². The van der Waals surface area contributed by atoms with Crippen LogP contribution in [0.4, 0.5) is 5.69 Å². The number of rotatable bonds is 2. The van der Waals surface area contributed by atoms with Gasteiger partial charge in [0.2, 0.25) is 0 Å². The number of hydrogen-bond acceptors (Lipinski definition) is 3. The Bertz CT molecular complexity index is 401. The molecule has 0 amide bonds. The summed E-state index contributed by atoms with van der Waals surface area (Å²) in [6.07, 6.45) is 0. The fourth-order valence-electron chi connectivity index (χ4n) is 1.35. The van der Waals surface area contributed by atoms with Gasteiger partial charge in [0.1, 0.15) is 5.60 Å². The molecule has 4 nitrogen and oxygen atoms in total. The van der Waals surface area contributed by atoms with Crippen LogP contribution in [0.2, 0.25) is 5.02 Å². The van der Waals surface area contributed by atoms with Crippen LogP contribution in [0.5, 0.6) is 0 Å². The van der Waals surface area contributed by atoms with Crippen molar-refractivity contribution >= 4 is 17.3 Å². The van der Waals surface area contributed by atoms with Crippen molar-refractivity contribution in [2.45, 2.75) is 12.5 Å². The number of hydrogen-bond donors (Lipinski definition) is 0. The minimum absolute atomic E-state index is 0.0643. The predicted molar refractivity (Wildman–Crippen MR) is 51.4 cm³/mol. The van der Waals surface area contributed by atoms with Gasteiger partial charge in [-0.25, -0.2) is 0 Å². The molecule has 1 atom stereocenters. The van der Waals surface area contributed by atoms with E-state index in [-0.39, 0.29) is 5.69 Å². The summed E-state index contributed by atoms with van der Waals surface area (Å²) in [7, 11) is 0. The van der Waals surface area contributed by atoms with Crippen molar-refractivity contribution in [1.29, 1.82) is 0 Å². The van der Waals surface area contributed by atoms with E-state index in [1.165, 1.54) is 12.1 Å². The summed E-state index contributed by atoms with van der Waals surface area (Å²) < 4.78 is 5.16. The second-order valence-corrected chi connectivity index (χ2v) is 3.87. The van der Waals surface area contributed by atoms with Crippen molar-refractivity contribution in [2.75, 3.05) is 6.61 Å². The lowest BCUT2D eigenvalue weighted by molar-refractivity contribution is -0.386. The fourth-order valence-corrected chi connectivity index (χ4v) is 1.53. The standard InChI is InChI=1S/C9H8ClNO3/c1-9(5-14-9)7-4-6(10)2-3-8(7)11(12)13/h2-4H,5H2,1H3. The van der Waals surface area contributed by atoms with Gasteiger partial charge in [0, 0.05) is 11.1 Å². The molecule has 14 heavy (non-hydrogen) atoms. The predicted octanol–water partition coefficient (Wildman–Crippen LogP) is 2.49. The summed E-state index contributed by atoms with van der Waals surface area (Å²) in [5, 5.41) is 11.2. The molecule has 1 heterocycles. The minimum atomic E-state index is -0.521. The first kappa shape index (κ1) is 9.43. The zero-order chi connectivity index (χ0) is 10.3. The highest BCUT2D eigenvalue weighted by Crippen LogP contribution is 2.43. The summed E-state index contributed by atoms with van der Waals surface area (Å²) in [5.41, 5.74) is 0.0947. The molecule has 1 unspecified atom stereocenters. The summed E-state index contributed by atoms with van der Waals surface area (Å²) in [5.74, 6) is 0. The van der Waals surface area contributed by atoms with Crippen LogP contribution in [0.1, 0.15) is 12.5 Å². The number of nitro groups is 1. The average molecular weight is 214 g/mol. The van der Waals surface area contributed by atoms with E-state index in [0.717, 1.165) is 0 Å². The third kappa shape index (κ3) is 1.47. The second kappa shape index (κ2) is 2.93. The molecule has 0 aromatic heterocycles. The van der Waals surface area contributed by atoms with Crippen LogP contribution in [0.15, 0.2) is 18.2 Å². The Morgan fingerprint density at radius 2 is 2.29 bits per heavy atom. The summed E-state index contributed by atoms with van der Waals surface area (Å²) in [6.45, 7) is 2.32. The largest absolute Gasteiger partial charge is 0.365 e. The van der Waals surface area contributed by atoms with E-state index in [2.05, 4.69) is 0 Å². The molecule has 1 aliphatic heterocycles. The molecular formula is C9H8ClNO3. The van der Waals surface area contributed by atoms with Crippen molar-refractivity contribution in [2.24, 2.45) is 0 Å². The van der Waals surface area contributed by atoms with Gasteiger partial charge in [-0.3, -0.25) is 10.1 Å². The number of benzene rings is 1. The monoisotopic (exact) mass is 213 g/mol. The van der Waals surface area contributed by atoms with Gasteiger partial charge in [0.15, 0.2) is 0 Å². The minimum Gasteiger partial charge on any atom is -0.365 e. The van der Waals surface area contributed by atoms with Gasteiger partial charge in [0.25, 0.3) is 5.69 Å². The maximum Gasteiger partial charge on any atom is 0.275 e. The molecule has 1 saturated heterocycles. The Morgan fingerprint density at radius 1 is 1.64 bits per heavy atom. The SMILES string of the molecule is CC1(c2cc(Cl)ccc2[N+](=O)[O-])CO1. The van der Waals surface area contributed by atoms with Crippen LogP contribution in [-0.4, -0.2) is 11.5 Å². The molecule has 1 aromatic carbocycles. The van der Waals surface area contributed by atoms with Gasteiger partial charge in [-0.2, -0.15) is 0 Å². The highest BCUT2D eigenvalue weighted by atomic mass is 35.5. The van der Waals surface area contributed by atoms with Crippen molar-refractivity contribution in [3.63, 3.8) is 0 Å². The second-order valence-electron chi connectivity index (χ2n) is 3.44. The van der Waals surface area contributed by atoms with E-state index in [9.17, 15) is 10.1 Å². The van der Waals surface area contributed by atoms with Gasteiger partial charge in [-0.15, -0.1) is 0 Å². The Morgan fingerprint density at radius 3 is 2.79 bits per heavy atom. The highest BCUT2D eigenvalue weighted by molar-refractivity contribution is 6.30. The van der Waals surface area contributed by atoms with Crippen LogP contribution >= 0.6 is 11.6 Å². The summed E-state index contributed by atoms with van der Waals surface area (Å²) >= 11 is 5.78. The van der Waals surface area contributed by atoms with E-state index in [1.54, 1.807) is 6.07 Å². The van der Waals surface area contributed by atoms with Crippen LogP contribution in [0.25, 0.3) is 0 Å². The third-order valence-electron chi connectivity index (χ3n) is 2.30. The lowest BCUT2D eigenvalue weighted by atomic mass is 10.0. The molecule has 0 aliphatic carbocycles. The highest BCUT2D eigenvalue weighted by Gasteiger charge is 2.45. The molecule has 1 fully saturated rings. The molecular weight excluding hydrogens is 206 g/mol. The van der Waals surface area contributed by atoms with Crippen LogP contribution < -0.4 is 0 Å². The van der Waals surface area contributed by atoms with Crippen LogP contribution in [0.3, 0.4) is 0 Å². The average Bonchev–Trinajstić information content (AvgIpc) is 2.84. The molecule has 0 N–H and O–H groups in total. The number of ether oxygens (including phenoxy) is 1. The number of nitrogens with zero attached hydrogens (tertiary/aromatic N) is 1. The van der Waals surface area contributed by atoms with Crippen LogP contribution in [0, 0.1) is 10.1 Å². The van der Waals surface area contributed by atoms with Crippen molar-refractivity contribution in [1.82, 2.24) is 0 Å². The molecule has 2 rings (SSSR count). The normalized spacial score (nSPS) is 24.7. The lowest BCUT2D eigenvalue weighted by Gasteiger charge is -2.06. The topological polar surface area (TPSA) is 55.7 Å². The fraction of sp³-hybridized carbons (Fsp3) is 0.333. The van der Waals surface area contributed by atoms with E-state index < -0.39 is 10.5 Å². The molecule has 0 saturated carbocycles. The maximum atomic E-state index is 10.7. The molecule has 1 aliphatic rings. The molecule has 74 valence electrons. The van der Waals surface area contributed by atoms with E-state index in [4.69, 9.17) is 16.3 Å². The first-order chi connectivity index (χ1) is 6.53. The summed E-state index contributed by atoms with van der Waals surface area (Å²) in [6, 6.07) is 4.51. The summed E-state index contributed by atoms with van der Waals surface area (Å²) in [4.78, 5) is 10.3. The third-order valence-corrected chi connectivity index (χ3v) is 2.54. The molecule has 5 heteroatoms. The zero-order valence-corrected chi connectivity index (χ0v) is 8.25. The van der Waals surface area contributed by atoms with Gasteiger partial charge in [-0.1, -0.05) is 11.6 Å². The van der Waals surface area contributed by atoms with Gasteiger partial charge in [-0.05, 0) is 19.1 Å². The Hall–Kier alpha value is -1.13. The number of nitro benzene ring substituents is 1. The zero-order valence-electron chi connectivity index (χ0n) is 7.49. The quantitative estimate of drug-likeness (QED) is 0.431. The van der Waals surface area contributed by atoms with Gasteiger partial charge >= 0.3 is 0 Å². The van der Waals surface area contributed by atoms with Crippen LogP contribution in [-0.2, 0) is 10.3 Å². The lowest BCUT2D eigenvalue weighted by Crippen LogP contribution is -2.06. The van der Waals surface area contributed by atoms with E-state index >= 15 is 0 Å². The maximum absolute atomic E-state index is 10.7. The van der Waals surface area contributed by atoms with Gasteiger partial charge in [0.05, 0.1) is 17.1 Å². The van der Waals surface area contributed by atoms with Gasteiger partial charge < -0.3 is 4.74 Å². The number of epoxide rings is 1. The Labute approximate surface area is 85.6 Å².